The second kappa shape index (κ2) is 17.1. The van der Waals surface area contributed by atoms with E-state index in [-0.39, 0.29) is 18.2 Å². The Hall–Kier alpha value is -2.57. The first-order valence-electron chi connectivity index (χ1n) is 11.5. The summed E-state index contributed by atoms with van der Waals surface area (Å²) in [5, 5.41) is 16.3. The van der Waals surface area contributed by atoms with Crippen molar-refractivity contribution in [3.8, 4) is 11.5 Å². The van der Waals surface area contributed by atoms with Crippen LogP contribution < -0.4 is 15.5 Å². The first-order chi connectivity index (χ1) is 15.1. The van der Waals surface area contributed by atoms with E-state index in [0.29, 0.717) is 17.7 Å². The van der Waals surface area contributed by atoms with Crippen LogP contribution in [0.15, 0.2) is 23.3 Å². The Morgan fingerprint density at radius 3 is 2.19 bits per heavy atom. The minimum atomic E-state index is -0.425. The predicted molar refractivity (Wildman–Crippen MR) is 124 cm³/mol. The fourth-order valence-corrected chi connectivity index (χ4v) is 3.24. The summed E-state index contributed by atoms with van der Waals surface area (Å²) >= 11 is 0. The normalized spacial score (nSPS) is 10.9. The van der Waals surface area contributed by atoms with Crippen LogP contribution in [0.1, 0.15) is 89.5 Å². The SMILES string of the molecule is CCCCCCCCCCCCCC(=O)NCC(=O)N/N=C/c1cccc(OC)c1O. The van der Waals surface area contributed by atoms with Crippen molar-refractivity contribution in [1.82, 2.24) is 10.7 Å². The molecule has 1 aromatic rings. The molecule has 0 aliphatic rings. The zero-order valence-corrected chi connectivity index (χ0v) is 19.1. The van der Waals surface area contributed by atoms with E-state index in [2.05, 4.69) is 22.8 Å². The summed E-state index contributed by atoms with van der Waals surface area (Å²) in [5.41, 5.74) is 2.74. The maximum absolute atomic E-state index is 11.8. The van der Waals surface area contributed by atoms with Gasteiger partial charge >= 0.3 is 0 Å². The molecular weight excluding hydrogens is 394 g/mol. The molecule has 0 unspecified atom stereocenters. The first kappa shape index (κ1) is 26.5. The van der Waals surface area contributed by atoms with Gasteiger partial charge in [-0.2, -0.15) is 5.10 Å². The molecule has 0 atom stereocenters. The number of amides is 2. The van der Waals surface area contributed by atoms with E-state index < -0.39 is 5.91 Å². The molecule has 174 valence electrons. The van der Waals surface area contributed by atoms with Gasteiger partial charge in [0, 0.05) is 12.0 Å². The van der Waals surface area contributed by atoms with Crippen LogP contribution in [0.3, 0.4) is 0 Å². The summed E-state index contributed by atoms with van der Waals surface area (Å²) in [6.45, 7) is 2.11. The molecule has 7 heteroatoms. The maximum Gasteiger partial charge on any atom is 0.259 e. The first-order valence-corrected chi connectivity index (χ1v) is 11.5. The summed E-state index contributed by atoms with van der Waals surface area (Å²) < 4.78 is 5.01. The van der Waals surface area contributed by atoms with Crippen LogP contribution in [0.5, 0.6) is 11.5 Å². The number of methoxy groups -OCH3 is 1. The van der Waals surface area contributed by atoms with E-state index in [0.717, 1.165) is 19.3 Å². The molecule has 0 aliphatic heterocycles. The second-order valence-corrected chi connectivity index (χ2v) is 7.75. The summed E-state index contributed by atoms with van der Waals surface area (Å²) in [4.78, 5) is 23.6. The number of unbranched alkanes of at least 4 members (excludes halogenated alkanes) is 10. The third kappa shape index (κ3) is 12.7. The molecule has 1 rings (SSSR count). The number of hydrazone groups is 1. The van der Waals surface area contributed by atoms with E-state index in [9.17, 15) is 14.7 Å². The van der Waals surface area contributed by atoms with Crippen LogP contribution >= 0.6 is 0 Å². The zero-order valence-electron chi connectivity index (χ0n) is 19.1. The molecule has 0 heterocycles. The van der Waals surface area contributed by atoms with Crippen molar-refractivity contribution in [3.05, 3.63) is 23.8 Å². The number of ether oxygens (including phenoxy) is 1. The van der Waals surface area contributed by atoms with Crippen molar-refractivity contribution in [2.45, 2.75) is 84.0 Å². The number of aromatic hydroxyl groups is 1. The van der Waals surface area contributed by atoms with Gasteiger partial charge in [-0.05, 0) is 18.6 Å². The molecule has 0 fully saturated rings. The van der Waals surface area contributed by atoms with Crippen molar-refractivity contribution in [1.29, 1.82) is 0 Å². The smallest absolute Gasteiger partial charge is 0.259 e. The van der Waals surface area contributed by atoms with Gasteiger partial charge in [0.05, 0.1) is 19.9 Å². The summed E-state index contributed by atoms with van der Waals surface area (Å²) in [6, 6.07) is 4.97. The van der Waals surface area contributed by atoms with Gasteiger partial charge in [-0.3, -0.25) is 9.59 Å². The molecule has 0 saturated heterocycles. The minimum absolute atomic E-state index is 0.0525. The lowest BCUT2D eigenvalue weighted by atomic mass is 10.1. The highest BCUT2D eigenvalue weighted by Crippen LogP contribution is 2.27. The number of hydrogen-bond donors (Lipinski definition) is 3. The number of hydrogen-bond acceptors (Lipinski definition) is 5. The Morgan fingerprint density at radius 1 is 0.968 bits per heavy atom. The third-order valence-corrected chi connectivity index (χ3v) is 5.10. The van der Waals surface area contributed by atoms with Crippen LogP contribution in [-0.2, 0) is 9.59 Å². The van der Waals surface area contributed by atoms with Gasteiger partial charge < -0.3 is 15.2 Å². The van der Waals surface area contributed by atoms with Crippen molar-refractivity contribution in [2.75, 3.05) is 13.7 Å². The molecule has 31 heavy (non-hydrogen) atoms. The zero-order chi connectivity index (χ0) is 22.7. The standard InChI is InChI=1S/C24H39N3O4/c1-3-4-5-6-7-8-9-10-11-12-13-17-22(28)25-19-23(29)27-26-18-20-15-14-16-21(31-2)24(20)30/h14-16,18,30H,3-13,17,19H2,1-2H3,(H,25,28)(H,27,29)/b26-18+. The van der Waals surface area contributed by atoms with Gasteiger partial charge in [-0.25, -0.2) is 5.43 Å². The molecule has 1 aromatic carbocycles. The van der Waals surface area contributed by atoms with Crippen molar-refractivity contribution >= 4 is 18.0 Å². The molecule has 7 nitrogen and oxygen atoms in total. The average molecular weight is 434 g/mol. The van der Waals surface area contributed by atoms with Crippen LogP contribution in [0.25, 0.3) is 0 Å². The molecule has 0 aliphatic carbocycles. The van der Waals surface area contributed by atoms with E-state index in [1.165, 1.54) is 64.7 Å². The molecule has 0 bridgehead atoms. The Morgan fingerprint density at radius 2 is 1.58 bits per heavy atom. The summed E-state index contributed by atoms with van der Waals surface area (Å²) in [7, 11) is 1.46. The number of nitrogens with zero attached hydrogens (tertiary/aromatic N) is 1. The Balaban J connectivity index is 2.05. The minimum Gasteiger partial charge on any atom is -0.504 e. The molecular formula is C24H39N3O4. The predicted octanol–water partition coefficient (Wildman–Crippen LogP) is 4.67. The number of carbonyl (C=O) groups excluding carboxylic acids is 2. The highest BCUT2D eigenvalue weighted by molar-refractivity contribution is 5.88. The largest absolute Gasteiger partial charge is 0.504 e. The number of carbonyl (C=O) groups is 2. The fraction of sp³-hybridized carbons (Fsp3) is 0.625. The maximum atomic E-state index is 11.8. The number of phenolic OH excluding ortho intramolecular Hbond substituents is 1. The van der Waals surface area contributed by atoms with E-state index in [1.807, 2.05) is 0 Å². The van der Waals surface area contributed by atoms with Crippen LogP contribution in [-0.4, -0.2) is 36.8 Å². The molecule has 0 saturated carbocycles. The second-order valence-electron chi connectivity index (χ2n) is 7.75. The number of para-hydroxylation sites is 1. The highest BCUT2D eigenvalue weighted by atomic mass is 16.5. The van der Waals surface area contributed by atoms with Gasteiger partial charge in [0.15, 0.2) is 11.5 Å². The van der Waals surface area contributed by atoms with Crippen LogP contribution in [0.2, 0.25) is 0 Å². The number of rotatable bonds is 17. The number of nitrogens with one attached hydrogen (secondary N) is 2. The van der Waals surface area contributed by atoms with Gasteiger partial charge in [-0.15, -0.1) is 0 Å². The molecule has 0 aromatic heterocycles. The average Bonchev–Trinajstić information content (AvgIpc) is 2.77. The quantitative estimate of drug-likeness (QED) is 0.189. The molecule has 2 amide bonds. The highest BCUT2D eigenvalue weighted by Gasteiger charge is 2.06. The Labute approximate surface area is 186 Å². The van der Waals surface area contributed by atoms with E-state index in [1.54, 1.807) is 18.2 Å². The lowest BCUT2D eigenvalue weighted by Gasteiger charge is -2.06. The number of phenols is 1. The van der Waals surface area contributed by atoms with Gasteiger partial charge in [-0.1, -0.05) is 77.2 Å². The molecule has 0 spiro atoms. The van der Waals surface area contributed by atoms with E-state index >= 15 is 0 Å². The Kier molecular flexibility index (Phi) is 14.6. The van der Waals surface area contributed by atoms with Crippen LogP contribution in [0, 0.1) is 0 Å². The summed E-state index contributed by atoms with van der Waals surface area (Å²) in [5.74, 6) is -0.278. The van der Waals surface area contributed by atoms with Gasteiger partial charge in [0.1, 0.15) is 0 Å². The lowest BCUT2D eigenvalue weighted by Crippen LogP contribution is -2.34. The van der Waals surface area contributed by atoms with Crippen molar-refractivity contribution < 1.29 is 19.4 Å². The summed E-state index contributed by atoms with van der Waals surface area (Å²) in [6.07, 6.45) is 15.4. The lowest BCUT2D eigenvalue weighted by molar-refractivity contribution is -0.126. The van der Waals surface area contributed by atoms with Crippen molar-refractivity contribution in [2.24, 2.45) is 5.10 Å². The van der Waals surface area contributed by atoms with Gasteiger partial charge in [0.2, 0.25) is 5.91 Å². The fourth-order valence-electron chi connectivity index (χ4n) is 3.24. The van der Waals surface area contributed by atoms with E-state index in [4.69, 9.17) is 4.74 Å². The number of benzene rings is 1. The molecule has 3 N–H and O–H groups in total. The van der Waals surface area contributed by atoms with Crippen molar-refractivity contribution in [3.63, 3.8) is 0 Å². The molecule has 0 radical (unpaired) electrons. The van der Waals surface area contributed by atoms with Gasteiger partial charge in [0.25, 0.3) is 5.91 Å². The van der Waals surface area contributed by atoms with Crippen LogP contribution in [0.4, 0.5) is 0 Å². The monoisotopic (exact) mass is 433 g/mol. The third-order valence-electron chi connectivity index (χ3n) is 5.10. The topological polar surface area (TPSA) is 100 Å². The Bertz CT molecular complexity index is 677.